The maximum atomic E-state index is 12.8. The maximum absolute atomic E-state index is 12.8. The largest absolute Gasteiger partial charge is 0.380 e. The van der Waals surface area contributed by atoms with Gasteiger partial charge in [-0.15, -0.1) is 0 Å². The van der Waals surface area contributed by atoms with E-state index in [-0.39, 0.29) is 11.6 Å². The van der Waals surface area contributed by atoms with Crippen LogP contribution in [0.4, 0.5) is 4.39 Å². The van der Waals surface area contributed by atoms with Gasteiger partial charge < -0.3 is 9.64 Å². The first kappa shape index (κ1) is 14.2. The van der Waals surface area contributed by atoms with Crippen molar-refractivity contribution in [3.8, 4) is 0 Å². The first-order chi connectivity index (χ1) is 9.25. The lowest BCUT2D eigenvalue weighted by Crippen LogP contribution is -2.27. The van der Waals surface area contributed by atoms with Gasteiger partial charge in [0.2, 0.25) is 0 Å². The molecule has 0 saturated carbocycles. The predicted octanol–water partition coefficient (Wildman–Crippen LogP) is 2.51. The van der Waals surface area contributed by atoms with Crippen molar-refractivity contribution in [2.75, 3.05) is 32.8 Å². The van der Waals surface area contributed by atoms with Gasteiger partial charge in [-0.2, -0.15) is 0 Å². The Morgan fingerprint density at radius 3 is 2.79 bits per heavy atom. The lowest BCUT2D eigenvalue weighted by Gasteiger charge is -2.18. The average Bonchev–Trinajstić information content (AvgIpc) is 2.68. The topological polar surface area (TPSA) is 29.5 Å². The highest BCUT2D eigenvalue weighted by atomic mass is 19.1. The van der Waals surface area contributed by atoms with E-state index >= 15 is 0 Å². The molecule has 1 fully saturated rings. The molecule has 0 aromatic heterocycles. The Labute approximate surface area is 113 Å². The molecule has 0 radical (unpaired) electrons. The molecule has 1 aliphatic heterocycles. The number of halogens is 1. The Morgan fingerprint density at radius 2 is 2.00 bits per heavy atom. The van der Waals surface area contributed by atoms with Gasteiger partial charge in [-0.3, -0.25) is 4.79 Å². The van der Waals surface area contributed by atoms with E-state index in [2.05, 4.69) is 4.90 Å². The summed E-state index contributed by atoms with van der Waals surface area (Å²) < 4.78 is 18.1. The summed E-state index contributed by atoms with van der Waals surface area (Å²) >= 11 is 0. The average molecular weight is 265 g/mol. The minimum absolute atomic E-state index is 0.0890. The first-order valence-electron chi connectivity index (χ1n) is 6.84. The summed E-state index contributed by atoms with van der Waals surface area (Å²) in [6.07, 6.45) is 2.42. The number of ketones is 1. The summed E-state index contributed by atoms with van der Waals surface area (Å²) in [6, 6.07) is 5.77. The fourth-order valence-corrected chi connectivity index (χ4v) is 2.26. The second kappa shape index (κ2) is 7.36. The zero-order valence-corrected chi connectivity index (χ0v) is 11.1. The third-order valence-corrected chi connectivity index (χ3v) is 3.36. The molecule has 1 aromatic carbocycles. The van der Waals surface area contributed by atoms with E-state index in [0.717, 1.165) is 45.7 Å². The van der Waals surface area contributed by atoms with E-state index in [0.29, 0.717) is 12.0 Å². The van der Waals surface area contributed by atoms with E-state index in [9.17, 15) is 9.18 Å². The molecular formula is C15H20FNO2. The Hall–Kier alpha value is -1.26. The first-order valence-corrected chi connectivity index (χ1v) is 6.84. The molecule has 0 bridgehead atoms. The zero-order chi connectivity index (χ0) is 13.5. The lowest BCUT2D eigenvalue weighted by molar-refractivity contribution is 0.0974. The number of carbonyl (C=O) groups is 1. The van der Waals surface area contributed by atoms with Crippen LogP contribution in [-0.2, 0) is 4.74 Å². The summed E-state index contributed by atoms with van der Waals surface area (Å²) in [5.41, 5.74) is 0.598. The SMILES string of the molecule is O=C(CCCN1CCCOCC1)c1ccc(F)cc1. The fraction of sp³-hybridized carbons (Fsp3) is 0.533. The fourth-order valence-electron chi connectivity index (χ4n) is 2.26. The standard InChI is InChI=1S/C15H20FNO2/c16-14-6-4-13(5-7-14)15(18)3-1-8-17-9-2-11-19-12-10-17/h4-7H,1-3,8-12H2. The molecule has 1 heterocycles. The van der Waals surface area contributed by atoms with Gasteiger partial charge >= 0.3 is 0 Å². The molecule has 1 aromatic rings. The minimum Gasteiger partial charge on any atom is -0.380 e. The molecule has 0 N–H and O–H groups in total. The molecule has 1 saturated heterocycles. The zero-order valence-electron chi connectivity index (χ0n) is 11.1. The molecule has 0 amide bonds. The van der Waals surface area contributed by atoms with Crippen molar-refractivity contribution in [3.05, 3.63) is 35.6 Å². The highest BCUT2D eigenvalue weighted by molar-refractivity contribution is 5.95. The number of hydrogen-bond donors (Lipinski definition) is 0. The van der Waals surface area contributed by atoms with Gasteiger partial charge in [0.15, 0.2) is 5.78 Å². The van der Waals surface area contributed by atoms with Crippen molar-refractivity contribution in [1.29, 1.82) is 0 Å². The molecule has 0 aliphatic carbocycles. The van der Waals surface area contributed by atoms with Crippen molar-refractivity contribution in [1.82, 2.24) is 4.90 Å². The molecule has 2 rings (SSSR count). The van der Waals surface area contributed by atoms with Crippen molar-refractivity contribution in [2.24, 2.45) is 0 Å². The molecule has 4 heteroatoms. The molecule has 0 spiro atoms. The summed E-state index contributed by atoms with van der Waals surface area (Å²) in [5.74, 6) is -0.216. The van der Waals surface area contributed by atoms with Crippen molar-refractivity contribution in [2.45, 2.75) is 19.3 Å². The summed E-state index contributed by atoms with van der Waals surface area (Å²) in [4.78, 5) is 14.2. The van der Waals surface area contributed by atoms with E-state index in [1.807, 2.05) is 0 Å². The lowest BCUT2D eigenvalue weighted by atomic mass is 10.1. The Morgan fingerprint density at radius 1 is 1.21 bits per heavy atom. The van der Waals surface area contributed by atoms with Crippen LogP contribution < -0.4 is 0 Å². The second-order valence-electron chi connectivity index (χ2n) is 4.84. The van der Waals surface area contributed by atoms with Crippen LogP contribution >= 0.6 is 0 Å². The number of rotatable bonds is 5. The summed E-state index contributed by atoms with van der Waals surface area (Å²) in [5, 5.41) is 0. The molecule has 3 nitrogen and oxygen atoms in total. The van der Waals surface area contributed by atoms with Crippen LogP contribution in [0.15, 0.2) is 24.3 Å². The van der Waals surface area contributed by atoms with E-state index in [1.165, 1.54) is 12.1 Å². The molecule has 0 unspecified atom stereocenters. The summed E-state index contributed by atoms with van der Waals surface area (Å²) in [7, 11) is 0. The van der Waals surface area contributed by atoms with Gasteiger partial charge in [0.05, 0.1) is 6.61 Å². The number of carbonyl (C=O) groups excluding carboxylic acids is 1. The van der Waals surface area contributed by atoms with Crippen LogP contribution in [0, 0.1) is 5.82 Å². The van der Waals surface area contributed by atoms with Crippen molar-refractivity contribution >= 4 is 5.78 Å². The van der Waals surface area contributed by atoms with Crippen LogP contribution in [0.1, 0.15) is 29.6 Å². The van der Waals surface area contributed by atoms with Crippen LogP contribution in [0.3, 0.4) is 0 Å². The highest BCUT2D eigenvalue weighted by Gasteiger charge is 2.10. The monoisotopic (exact) mass is 265 g/mol. The molecular weight excluding hydrogens is 245 g/mol. The van der Waals surface area contributed by atoms with Crippen molar-refractivity contribution < 1.29 is 13.9 Å². The van der Waals surface area contributed by atoms with Crippen molar-refractivity contribution in [3.63, 3.8) is 0 Å². The quantitative estimate of drug-likeness (QED) is 0.766. The molecule has 19 heavy (non-hydrogen) atoms. The van der Waals surface area contributed by atoms with Crippen LogP contribution in [0.2, 0.25) is 0 Å². The molecule has 1 aliphatic rings. The maximum Gasteiger partial charge on any atom is 0.162 e. The number of nitrogens with zero attached hydrogens (tertiary/aromatic N) is 1. The third-order valence-electron chi connectivity index (χ3n) is 3.36. The Bertz CT molecular complexity index is 397. The number of ether oxygens (including phenoxy) is 1. The van der Waals surface area contributed by atoms with Gasteiger partial charge in [0, 0.05) is 31.7 Å². The van der Waals surface area contributed by atoms with E-state index in [1.54, 1.807) is 12.1 Å². The number of Topliss-reactive ketones (excluding diaryl/α,β-unsaturated/α-hetero) is 1. The molecule has 0 atom stereocenters. The van der Waals surface area contributed by atoms with Gasteiger partial charge in [0.25, 0.3) is 0 Å². The predicted molar refractivity (Wildman–Crippen MR) is 71.8 cm³/mol. The van der Waals surface area contributed by atoms with E-state index < -0.39 is 0 Å². The molecule has 104 valence electrons. The smallest absolute Gasteiger partial charge is 0.162 e. The third kappa shape index (κ3) is 4.73. The Balaban J connectivity index is 1.72. The highest BCUT2D eigenvalue weighted by Crippen LogP contribution is 2.08. The van der Waals surface area contributed by atoms with Gasteiger partial charge in [-0.05, 0) is 43.7 Å². The van der Waals surface area contributed by atoms with Gasteiger partial charge in [-0.1, -0.05) is 0 Å². The second-order valence-corrected chi connectivity index (χ2v) is 4.84. The number of hydrogen-bond acceptors (Lipinski definition) is 3. The van der Waals surface area contributed by atoms with Crippen LogP contribution in [-0.4, -0.2) is 43.5 Å². The number of benzene rings is 1. The summed E-state index contributed by atoms with van der Waals surface area (Å²) in [6.45, 7) is 4.54. The van der Waals surface area contributed by atoms with Gasteiger partial charge in [0.1, 0.15) is 5.82 Å². The normalized spacial score (nSPS) is 17.1. The van der Waals surface area contributed by atoms with E-state index in [4.69, 9.17) is 4.74 Å². The Kier molecular flexibility index (Phi) is 5.48. The van der Waals surface area contributed by atoms with Crippen LogP contribution in [0.5, 0.6) is 0 Å². The van der Waals surface area contributed by atoms with Gasteiger partial charge in [-0.25, -0.2) is 4.39 Å². The van der Waals surface area contributed by atoms with Crippen LogP contribution in [0.25, 0.3) is 0 Å². The minimum atomic E-state index is -0.305.